The average Bonchev–Trinajstić information content (AvgIpc) is 3.80. The number of carbonyl (C=O) groups is 6. The predicted octanol–water partition coefficient (Wildman–Crippen LogP) is 2.35. The number of hydrogen-bond donors (Lipinski definition) is 3. The molecule has 17 heteroatoms. The number of piperidine rings is 1. The van der Waals surface area contributed by atoms with E-state index in [1.807, 2.05) is 42.1 Å². The minimum atomic E-state index is -1.11. The Hall–Kier alpha value is -6.46. The Kier molecular flexibility index (Phi) is 11.1. The number of nitrogens with one attached hydrogen (secondary N) is 3. The topological polar surface area (TPSA) is 192 Å². The fourth-order valence-electron chi connectivity index (χ4n) is 6.75. The highest BCUT2D eigenvalue weighted by atomic mass is 19.1. The third kappa shape index (κ3) is 7.71. The van der Waals surface area contributed by atoms with Gasteiger partial charge < -0.3 is 24.8 Å². The highest BCUT2D eigenvalue weighted by Crippen LogP contribution is 2.34. The number of benzene rings is 3. The van der Waals surface area contributed by atoms with Crippen LogP contribution in [0, 0.1) is 0 Å². The Morgan fingerprint density at radius 3 is 2.39 bits per heavy atom. The number of ether oxygens (including phenoxy) is 3. The minimum Gasteiger partial charge on any atom is -0.483 e. The van der Waals surface area contributed by atoms with Crippen molar-refractivity contribution in [3.05, 3.63) is 89.1 Å². The van der Waals surface area contributed by atoms with Crippen LogP contribution in [-0.2, 0) is 37.6 Å². The van der Waals surface area contributed by atoms with Crippen molar-refractivity contribution in [3.63, 3.8) is 0 Å². The van der Waals surface area contributed by atoms with E-state index >= 15 is 0 Å². The molecule has 4 heterocycles. The van der Waals surface area contributed by atoms with Gasteiger partial charge >= 0.3 is 0 Å². The number of imide groups is 2. The van der Waals surface area contributed by atoms with Crippen LogP contribution in [0.15, 0.2) is 66.9 Å². The van der Waals surface area contributed by atoms with Gasteiger partial charge in [-0.1, -0.05) is 18.2 Å². The molecule has 290 valence electrons. The van der Waals surface area contributed by atoms with Gasteiger partial charge in [-0.05, 0) is 54.4 Å². The van der Waals surface area contributed by atoms with E-state index in [0.29, 0.717) is 11.1 Å². The first-order valence-corrected chi connectivity index (χ1v) is 18.0. The van der Waals surface area contributed by atoms with Crippen molar-refractivity contribution in [2.45, 2.75) is 25.6 Å². The molecule has 0 aliphatic carbocycles. The lowest BCUT2D eigenvalue weighted by Crippen LogP contribution is -2.54. The third-order valence-electron chi connectivity index (χ3n) is 9.42. The van der Waals surface area contributed by atoms with Gasteiger partial charge in [-0.25, -0.2) is 4.39 Å². The summed E-state index contributed by atoms with van der Waals surface area (Å²) < 4.78 is 33.4. The molecule has 0 bridgehead atoms. The van der Waals surface area contributed by atoms with Gasteiger partial charge in [0, 0.05) is 54.8 Å². The molecule has 3 N–H and O–H groups in total. The second-order valence-corrected chi connectivity index (χ2v) is 13.2. The molecule has 7 rings (SSSR count). The predicted molar refractivity (Wildman–Crippen MR) is 198 cm³/mol. The van der Waals surface area contributed by atoms with Crippen molar-refractivity contribution in [1.29, 1.82) is 0 Å². The molecule has 3 aromatic carbocycles. The van der Waals surface area contributed by atoms with E-state index in [-0.39, 0.29) is 75.1 Å². The molecule has 0 spiro atoms. The van der Waals surface area contributed by atoms with Gasteiger partial charge in [0.25, 0.3) is 23.6 Å². The molecule has 1 unspecified atom stereocenters. The van der Waals surface area contributed by atoms with Crippen LogP contribution in [0.25, 0.3) is 27.6 Å². The molecule has 1 atom stereocenters. The fourth-order valence-corrected chi connectivity index (χ4v) is 6.75. The minimum absolute atomic E-state index is 0.000676. The van der Waals surface area contributed by atoms with Gasteiger partial charge in [0.05, 0.1) is 43.1 Å². The molecule has 16 nitrogen and oxygen atoms in total. The quantitative estimate of drug-likeness (QED) is 0.0992. The van der Waals surface area contributed by atoms with Gasteiger partial charge in [-0.3, -0.25) is 48.2 Å². The molecule has 2 aliphatic rings. The van der Waals surface area contributed by atoms with Gasteiger partial charge in [-0.15, -0.1) is 0 Å². The smallest absolute Gasteiger partial charge is 0.266 e. The van der Waals surface area contributed by atoms with Crippen molar-refractivity contribution in [3.8, 4) is 11.4 Å². The number of aromatic nitrogens is 3. The summed E-state index contributed by atoms with van der Waals surface area (Å²) in [4.78, 5) is 76.2. The molecule has 2 aliphatic heterocycles. The van der Waals surface area contributed by atoms with Gasteiger partial charge in [0.15, 0.2) is 12.3 Å². The first-order chi connectivity index (χ1) is 27.1. The molecule has 2 aromatic heterocycles. The first-order valence-electron chi connectivity index (χ1n) is 18.0. The van der Waals surface area contributed by atoms with Crippen molar-refractivity contribution in [2.24, 2.45) is 7.05 Å². The Balaban J connectivity index is 0.798. The number of fused-ring (bicyclic) bond motifs is 4. The molecule has 1 fully saturated rings. The second kappa shape index (κ2) is 16.5. The zero-order valence-corrected chi connectivity index (χ0v) is 30.3. The highest BCUT2D eigenvalue weighted by molar-refractivity contribution is 6.24. The zero-order chi connectivity index (χ0) is 39.3. The van der Waals surface area contributed by atoms with E-state index < -0.39 is 48.9 Å². The number of alkyl halides is 1. The molecular weight excluding hydrogens is 729 g/mol. The summed E-state index contributed by atoms with van der Waals surface area (Å²) in [5.41, 5.74) is 3.51. The summed E-state index contributed by atoms with van der Waals surface area (Å²) in [6, 6.07) is 15.9. The lowest BCUT2D eigenvalue weighted by atomic mass is 10.0. The average molecular weight is 768 g/mol. The second-order valence-electron chi connectivity index (χ2n) is 13.2. The lowest BCUT2D eigenvalue weighted by molar-refractivity contribution is -0.136. The maximum atomic E-state index is 13.2. The van der Waals surface area contributed by atoms with Crippen LogP contribution < -0.4 is 20.7 Å². The monoisotopic (exact) mass is 767 g/mol. The summed E-state index contributed by atoms with van der Waals surface area (Å²) in [6.07, 6.45) is 1.92. The number of halogens is 1. The standard InChI is InChI=1S/C39H38FN7O9/c1-45-21-28-27-19-24(7-10-29(27)46(35(28)44-45)25-8-5-23(20-40)6-9-25)36(50)42-14-16-55-18-17-54-15-13-41-33(49)22-56-31-4-2-3-26-34(31)39(53)47(38(26)52)30-11-12-32(48)43-37(30)51/h2-10,19,21,30H,11-18,20,22H2,1H3,(H,41,49)(H,42,50)(H,43,48,51). The van der Waals surface area contributed by atoms with E-state index in [2.05, 4.69) is 21.0 Å². The summed E-state index contributed by atoms with van der Waals surface area (Å²) >= 11 is 0. The zero-order valence-electron chi connectivity index (χ0n) is 30.3. The Morgan fingerprint density at radius 1 is 0.911 bits per heavy atom. The van der Waals surface area contributed by atoms with Crippen LogP contribution in [0.5, 0.6) is 5.75 Å². The van der Waals surface area contributed by atoms with E-state index in [9.17, 15) is 33.2 Å². The van der Waals surface area contributed by atoms with Crippen molar-refractivity contribution >= 4 is 57.4 Å². The molecule has 0 saturated carbocycles. The number of rotatable bonds is 16. The number of nitrogens with zero attached hydrogens (tertiary/aromatic N) is 4. The molecule has 1 saturated heterocycles. The van der Waals surface area contributed by atoms with Crippen LogP contribution in [0.3, 0.4) is 0 Å². The largest absolute Gasteiger partial charge is 0.483 e. The molecular formula is C39H38FN7O9. The van der Waals surface area contributed by atoms with Crippen LogP contribution in [0.1, 0.15) is 49.5 Å². The number of amides is 6. The summed E-state index contributed by atoms with van der Waals surface area (Å²) in [6.45, 7) is 0.438. The normalized spacial score (nSPS) is 15.4. The Morgan fingerprint density at radius 2 is 1.66 bits per heavy atom. The lowest BCUT2D eigenvalue weighted by Gasteiger charge is -2.27. The van der Waals surface area contributed by atoms with Gasteiger partial charge in [0.1, 0.15) is 18.5 Å². The SMILES string of the molecule is Cn1cc2c3cc(C(=O)NCCOCCOCCNC(=O)COc4cccc5c4C(=O)N(C4CCC(=O)NC4=O)C5=O)ccc3n(-c3ccc(CF)cc3)c2n1. The summed E-state index contributed by atoms with van der Waals surface area (Å²) in [5.74, 6) is -3.31. The van der Waals surface area contributed by atoms with E-state index in [0.717, 1.165) is 32.5 Å². The van der Waals surface area contributed by atoms with Crippen LogP contribution in [-0.4, -0.2) is 107 Å². The molecule has 56 heavy (non-hydrogen) atoms. The van der Waals surface area contributed by atoms with Gasteiger partial charge in [-0.2, -0.15) is 5.10 Å². The van der Waals surface area contributed by atoms with E-state index in [1.54, 1.807) is 22.9 Å². The molecule has 5 aromatic rings. The summed E-state index contributed by atoms with van der Waals surface area (Å²) in [7, 11) is 1.83. The molecule has 0 radical (unpaired) electrons. The van der Waals surface area contributed by atoms with Crippen molar-refractivity contribution in [1.82, 2.24) is 35.2 Å². The van der Waals surface area contributed by atoms with Crippen molar-refractivity contribution in [2.75, 3.05) is 46.1 Å². The Bertz CT molecular complexity index is 2350. The fraction of sp³-hybridized carbons (Fsp3) is 0.308. The number of hydrogen-bond acceptors (Lipinski definition) is 10. The summed E-state index contributed by atoms with van der Waals surface area (Å²) in [5, 5.41) is 14.0. The van der Waals surface area contributed by atoms with Gasteiger partial charge in [0.2, 0.25) is 11.8 Å². The first kappa shape index (κ1) is 37.8. The Labute approximate surface area is 318 Å². The number of carbonyl (C=O) groups excluding carboxylic acids is 6. The maximum Gasteiger partial charge on any atom is 0.266 e. The van der Waals surface area contributed by atoms with E-state index in [4.69, 9.17) is 14.2 Å². The third-order valence-corrected chi connectivity index (χ3v) is 9.42. The van der Waals surface area contributed by atoms with E-state index in [1.165, 1.54) is 18.2 Å². The number of aryl methyl sites for hydroxylation is 1. The highest BCUT2D eigenvalue weighted by Gasteiger charge is 2.46. The molecule has 6 amide bonds. The maximum absolute atomic E-state index is 13.2. The van der Waals surface area contributed by atoms with Crippen LogP contribution in [0.4, 0.5) is 4.39 Å². The van der Waals surface area contributed by atoms with Crippen LogP contribution >= 0.6 is 0 Å². The van der Waals surface area contributed by atoms with Crippen LogP contribution in [0.2, 0.25) is 0 Å². The van der Waals surface area contributed by atoms with Crippen molar-refractivity contribution < 1.29 is 47.4 Å².